The van der Waals surface area contributed by atoms with E-state index in [4.69, 9.17) is 9.47 Å². The Kier molecular flexibility index (Phi) is 3.68. The third-order valence-electron chi connectivity index (χ3n) is 4.29. The van der Waals surface area contributed by atoms with Crippen molar-refractivity contribution in [3.05, 3.63) is 35.9 Å². The standard InChI is InChI=1S/C16H21NO3/c1-17-9-8-16(6-4-13(18)5-7-16)12-2-3-14-15(10-12)20-11-19-14/h2-4,6,10,13,17-18H,5,7-9,11H2,1H3/t13-,16?/m0/s1. The second-order valence-corrected chi connectivity index (χ2v) is 5.54. The molecule has 2 atom stereocenters. The van der Waals surface area contributed by atoms with Gasteiger partial charge in [0.1, 0.15) is 0 Å². The molecule has 1 aromatic carbocycles. The van der Waals surface area contributed by atoms with Gasteiger partial charge in [0.25, 0.3) is 0 Å². The van der Waals surface area contributed by atoms with Crippen molar-refractivity contribution in [3.63, 3.8) is 0 Å². The van der Waals surface area contributed by atoms with E-state index in [0.29, 0.717) is 6.79 Å². The normalized spacial score (nSPS) is 27.8. The van der Waals surface area contributed by atoms with Crippen LogP contribution in [0.25, 0.3) is 0 Å². The van der Waals surface area contributed by atoms with Crippen molar-refractivity contribution in [2.24, 2.45) is 0 Å². The number of hydrogen-bond donors (Lipinski definition) is 2. The number of nitrogens with one attached hydrogen (secondary N) is 1. The van der Waals surface area contributed by atoms with Gasteiger partial charge in [-0.15, -0.1) is 0 Å². The topological polar surface area (TPSA) is 50.7 Å². The maximum absolute atomic E-state index is 9.72. The summed E-state index contributed by atoms with van der Waals surface area (Å²) in [6.07, 6.45) is 6.53. The lowest BCUT2D eigenvalue weighted by Gasteiger charge is -2.35. The van der Waals surface area contributed by atoms with Crippen molar-refractivity contribution in [2.75, 3.05) is 20.4 Å². The third kappa shape index (κ3) is 2.41. The van der Waals surface area contributed by atoms with Gasteiger partial charge in [-0.2, -0.15) is 0 Å². The van der Waals surface area contributed by atoms with Gasteiger partial charge in [-0.25, -0.2) is 0 Å². The summed E-state index contributed by atoms with van der Waals surface area (Å²) in [6, 6.07) is 6.18. The lowest BCUT2D eigenvalue weighted by atomic mass is 9.70. The Labute approximate surface area is 119 Å². The van der Waals surface area contributed by atoms with Gasteiger partial charge in [-0.1, -0.05) is 18.2 Å². The van der Waals surface area contributed by atoms with Crippen LogP contribution in [0.5, 0.6) is 11.5 Å². The fraction of sp³-hybridized carbons (Fsp3) is 0.500. The molecule has 1 aromatic rings. The van der Waals surface area contributed by atoms with Crippen LogP contribution in [0.3, 0.4) is 0 Å². The number of fused-ring (bicyclic) bond motifs is 1. The summed E-state index contributed by atoms with van der Waals surface area (Å²) in [4.78, 5) is 0. The van der Waals surface area contributed by atoms with E-state index in [9.17, 15) is 5.11 Å². The van der Waals surface area contributed by atoms with Gasteiger partial charge in [-0.05, 0) is 50.6 Å². The van der Waals surface area contributed by atoms with E-state index in [1.54, 1.807) is 0 Å². The Morgan fingerprint density at radius 2 is 2.20 bits per heavy atom. The van der Waals surface area contributed by atoms with Crippen LogP contribution in [0.1, 0.15) is 24.8 Å². The molecule has 4 nitrogen and oxygen atoms in total. The van der Waals surface area contributed by atoms with Gasteiger partial charge >= 0.3 is 0 Å². The summed E-state index contributed by atoms with van der Waals surface area (Å²) < 4.78 is 10.9. The SMILES string of the molecule is CNCCC1(c2ccc3c(c2)OCO3)C=C[C@H](O)CC1. The van der Waals surface area contributed by atoms with Gasteiger partial charge < -0.3 is 19.9 Å². The summed E-state index contributed by atoms with van der Waals surface area (Å²) in [5.74, 6) is 1.64. The van der Waals surface area contributed by atoms with Crippen molar-refractivity contribution < 1.29 is 14.6 Å². The maximum Gasteiger partial charge on any atom is 0.231 e. The predicted molar refractivity (Wildman–Crippen MR) is 77.2 cm³/mol. The smallest absolute Gasteiger partial charge is 0.231 e. The molecule has 3 rings (SSSR count). The average molecular weight is 275 g/mol. The molecule has 0 amide bonds. The van der Waals surface area contributed by atoms with Gasteiger partial charge in [0.2, 0.25) is 6.79 Å². The molecule has 1 aliphatic carbocycles. The Morgan fingerprint density at radius 1 is 1.35 bits per heavy atom. The highest BCUT2D eigenvalue weighted by Gasteiger charge is 2.33. The lowest BCUT2D eigenvalue weighted by Crippen LogP contribution is -2.32. The number of aliphatic hydroxyl groups excluding tert-OH is 1. The van der Waals surface area contributed by atoms with Crippen LogP contribution < -0.4 is 14.8 Å². The van der Waals surface area contributed by atoms with Crippen LogP contribution >= 0.6 is 0 Å². The zero-order chi connectivity index (χ0) is 14.0. The van der Waals surface area contributed by atoms with Crippen molar-refractivity contribution in [2.45, 2.75) is 30.8 Å². The molecule has 0 saturated heterocycles. The fourth-order valence-electron chi connectivity index (χ4n) is 3.03. The molecule has 0 saturated carbocycles. The molecule has 0 radical (unpaired) electrons. The molecule has 0 aromatic heterocycles. The highest BCUT2D eigenvalue weighted by atomic mass is 16.7. The van der Waals surface area contributed by atoms with Crippen LogP contribution in [-0.4, -0.2) is 31.6 Å². The second kappa shape index (κ2) is 5.46. The number of allylic oxidation sites excluding steroid dienone is 1. The van der Waals surface area contributed by atoms with Crippen molar-refractivity contribution in [1.29, 1.82) is 0 Å². The monoisotopic (exact) mass is 275 g/mol. The molecule has 0 bridgehead atoms. The molecular formula is C16H21NO3. The summed E-state index contributed by atoms with van der Waals surface area (Å²) in [5.41, 5.74) is 1.21. The Balaban J connectivity index is 1.94. The summed E-state index contributed by atoms with van der Waals surface area (Å²) >= 11 is 0. The van der Waals surface area contributed by atoms with Gasteiger partial charge in [0.15, 0.2) is 11.5 Å². The zero-order valence-electron chi connectivity index (χ0n) is 11.8. The minimum Gasteiger partial charge on any atom is -0.454 e. The molecule has 108 valence electrons. The Bertz CT molecular complexity index is 514. The van der Waals surface area contributed by atoms with E-state index in [1.807, 2.05) is 19.2 Å². The molecular weight excluding hydrogens is 254 g/mol. The molecule has 0 fully saturated rings. The molecule has 1 unspecified atom stereocenters. The Morgan fingerprint density at radius 3 is 2.95 bits per heavy atom. The van der Waals surface area contributed by atoms with Gasteiger partial charge in [0, 0.05) is 5.41 Å². The van der Waals surface area contributed by atoms with Crippen LogP contribution in [0.15, 0.2) is 30.4 Å². The molecule has 2 N–H and O–H groups in total. The molecule has 20 heavy (non-hydrogen) atoms. The number of aliphatic hydroxyl groups is 1. The minimum atomic E-state index is -0.313. The van der Waals surface area contributed by atoms with Crippen LogP contribution in [0, 0.1) is 0 Å². The van der Waals surface area contributed by atoms with Crippen molar-refractivity contribution in [1.82, 2.24) is 5.32 Å². The largest absolute Gasteiger partial charge is 0.454 e. The molecule has 0 spiro atoms. The number of ether oxygens (including phenoxy) is 2. The first-order valence-corrected chi connectivity index (χ1v) is 7.16. The summed E-state index contributed by atoms with van der Waals surface area (Å²) in [7, 11) is 1.97. The molecule has 1 heterocycles. The lowest BCUT2D eigenvalue weighted by molar-refractivity contribution is 0.173. The Hall–Kier alpha value is -1.52. The van der Waals surface area contributed by atoms with Gasteiger partial charge in [-0.3, -0.25) is 0 Å². The van der Waals surface area contributed by atoms with E-state index >= 15 is 0 Å². The molecule has 2 aliphatic rings. The summed E-state index contributed by atoms with van der Waals surface area (Å²) in [5, 5.41) is 12.9. The molecule has 1 aliphatic heterocycles. The quantitative estimate of drug-likeness (QED) is 0.825. The second-order valence-electron chi connectivity index (χ2n) is 5.54. The predicted octanol–water partition coefficient (Wildman–Crippen LogP) is 1.97. The minimum absolute atomic E-state index is 0.0246. The van der Waals surface area contributed by atoms with E-state index < -0.39 is 0 Å². The van der Waals surface area contributed by atoms with E-state index in [0.717, 1.165) is 37.3 Å². The third-order valence-corrected chi connectivity index (χ3v) is 4.29. The zero-order valence-corrected chi connectivity index (χ0v) is 11.8. The van der Waals surface area contributed by atoms with Crippen LogP contribution in [0.4, 0.5) is 0 Å². The van der Waals surface area contributed by atoms with Gasteiger partial charge in [0.05, 0.1) is 6.10 Å². The van der Waals surface area contributed by atoms with E-state index in [2.05, 4.69) is 23.5 Å². The highest BCUT2D eigenvalue weighted by Crippen LogP contribution is 2.42. The van der Waals surface area contributed by atoms with Crippen molar-refractivity contribution in [3.8, 4) is 11.5 Å². The summed E-state index contributed by atoms with van der Waals surface area (Å²) in [6.45, 7) is 1.24. The molecule has 4 heteroatoms. The van der Waals surface area contributed by atoms with Crippen molar-refractivity contribution >= 4 is 0 Å². The first-order chi connectivity index (χ1) is 9.73. The number of benzene rings is 1. The van der Waals surface area contributed by atoms with E-state index in [1.165, 1.54) is 5.56 Å². The average Bonchev–Trinajstić information content (AvgIpc) is 2.94. The highest BCUT2D eigenvalue weighted by molar-refractivity contribution is 5.48. The van der Waals surface area contributed by atoms with E-state index in [-0.39, 0.29) is 11.5 Å². The maximum atomic E-state index is 9.72. The number of hydrogen-bond acceptors (Lipinski definition) is 4. The first kappa shape index (κ1) is 13.5. The number of rotatable bonds is 4. The van der Waals surface area contributed by atoms with Crippen LogP contribution in [0.2, 0.25) is 0 Å². The first-order valence-electron chi connectivity index (χ1n) is 7.16. The van der Waals surface area contributed by atoms with Crippen LogP contribution in [-0.2, 0) is 5.41 Å². The fourth-order valence-corrected chi connectivity index (χ4v) is 3.03.